The van der Waals surface area contributed by atoms with Gasteiger partial charge in [-0.15, -0.1) is 0 Å². The minimum Gasteiger partial charge on any atom is -0.336 e. The van der Waals surface area contributed by atoms with Crippen molar-refractivity contribution in [2.45, 2.75) is 0 Å². The molecular weight excluding hydrogens is 504 g/mol. The Bertz CT molecular complexity index is 1090. The van der Waals surface area contributed by atoms with Crippen LogP contribution >= 0.6 is 24.4 Å². The lowest BCUT2D eigenvalue weighted by molar-refractivity contribution is -0.539. The van der Waals surface area contributed by atoms with Gasteiger partial charge in [-0.3, -0.25) is 30.2 Å². The second-order valence-corrected chi connectivity index (χ2v) is 8.63. The van der Waals surface area contributed by atoms with Gasteiger partial charge in [0.1, 0.15) is 13.1 Å². The molecule has 0 saturated heterocycles. The van der Waals surface area contributed by atoms with Crippen LogP contribution in [0.15, 0.2) is 48.5 Å². The van der Waals surface area contributed by atoms with E-state index in [9.17, 15) is 20.2 Å². The van der Waals surface area contributed by atoms with Crippen molar-refractivity contribution in [3.8, 4) is 0 Å². The molecule has 0 aliphatic rings. The van der Waals surface area contributed by atoms with Gasteiger partial charge in [-0.05, 0) is 48.7 Å². The second-order valence-electron chi connectivity index (χ2n) is 7.86. The second kappa shape index (κ2) is 13.2. The molecule has 2 rings (SSSR count). The van der Waals surface area contributed by atoms with Crippen molar-refractivity contribution in [2.75, 3.05) is 41.3 Å². The van der Waals surface area contributed by atoms with Gasteiger partial charge in [-0.2, -0.15) is 0 Å². The van der Waals surface area contributed by atoms with Gasteiger partial charge < -0.3 is 9.80 Å². The van der Waals surface area contributed by atoms with Gasteiger partial charge in [0.25, 0.3) is 33.3 Å². The number of nitro groups is 2. The van der Waals surface area contributed by atoms with E-state index in [1.165, 1.54) is 24.3 Å². The van der Waals surface area contributed by atoms with E-state index >= 15 is 0 Å². The molecule has 2 aromatic carbocycles. The molecule has 0 bridgehead atoms. The highest BCUT2D eigenvalue weighted by Crippen LogP contribution is 2.12. The van der Waals surface area contributed by atoms with Gasteiger partial charge in [0, 0.05) is 52.5 Å². The molecule has 0 fully saturated rings. The van der Waals surface area contributed by atoms with Gasteiger partial charge in [0.15, 0.2) is 0 Å². The summed E-state index contributed by atoms with van der Waals surface area (Å²) >= 11 is 10.7. The lowest BCUT2D eigenvalue weighted by Crippen LogP contribution is -2.87. The Morgan fingerprint density at radius 3 is 1.28 bits per heavy atom. The maximum atomic E-state index is 11.0. The largest absolute Gasteiger partial charge is 0.336 e. The first-order valence-electron chi connectivity index (χ1n) is 10.7. The van der Waals surface area contributed by atoms with Gasteiger partial charge in [0.05, 0.1) is 21.0 Å². The molecule has 190 valence electrons. The molecule has 0 aliphatic heterocycles. The van der Waals surface area contributed by atoms with Crippen LogP contribution < -0.4 is 20.6 Å². The molecule has 0 saturated carbocycles. The maximum absolute atomic E-state index is 11.0. The van der Waals surface area contributed by atoms with Crippen molar-refractivity contribution < 1.29 is 19.8 Å². The quantitative estimate of drug-likeness (QED) is 0.0851. The zero-order valence-electron chi connectivity index (χ0n) is 20.3. The molecule has 0 heterocycles. The molecule has 14 heteroatoms. The number of amidine groups is 2. The van der Waals surface area contributed by atoms with E-state index in [1.807, 2.05) is 0 Å². The Hall–Kier alpha value is -4.04. The summed E-state index contributed by atoms with van der Waals surface area (Å²) in [6.07, 6.45) is 0. The summed E-state index contributed by atoms with van der Waals surface area (Å²) in [5.74, 6) is 1.16. The first-order valence-corrected chi connectivity index (χ1v) is 11.5. The average Bonchev–Trinajstić information content (AvgIpc) is 2.84. The van der Waals surface area contributed by atoms with E-state index in [4.69, 9.17) is 24.4 Å². The zero-order chi connectivity index (χ0) is 26.8. The molecule has 12 nitrogen and oxygen atoms in total. The smallest absolute Gasteiger partial charge is 0.282 e. The molecule has 0 aromatic heterocycles. The van der Waals surface area contributed by atoms with E-state index < -0.39 is 9.85 Å². The number of hydrogen-bond donors (Lipinski definition) is 4. The topological polar surface area (TPSA) is 145 Å². The van der Waals surface area contributed by atoms with Crippen LogP contribution in [0.4, 0.5) is 11.4 Å². The average molecular weight is 533 g/mol. The first kappa shape index (κ1) is 28.2. The van der Waals surface area contributed by atoms with E-state index in [0.717, 1.165) is 0 Å². The van der Waals surface area contributed by atoms with Crippen molar-refractivity contribution >= 4 is 57.7 Å². The molecule has 36 heavy (non-hydrogen) atoms. The fourth-order valence-corrected chi connectivity index (χ4v) is 2.95. The van der Waals surface area contributed by atoms with Crippen LogP contribution in [0, 0.1) is 20.2 Å². The lowest BCUT2D eigenvalue weighted by atomic mass is 10.2. The van der Waals surface area contributed by atoms with Gasteiger partial charge in [-0.1, -0.05) is 0 Å². The Morgan fingerprint density at radius 1 is 0.722 bits per heavy atom. The fraction of sp³-hybridized carbons (Fsp3) is 0.273. The molecular formula is C22H28N8O4S2+2. The van der Waals surface area contributed by atoms with Crippen LogP contribution in [-0.2, 0) is 0 Å². The Kier molecular flexibility index (Phi) is 10.3. The summed E-state index contributed by atoms with van der Waals surface area (Å²) in [4.78, 5) is 31.0. The minimum atomic E-state index is -0.459. The highest BCUT2D eigenvalue weighted by Gasteiger charge is 2.18. The number of nitro benzene ring substituents is 2. The summed E-state index contributed by atoms with van der Waals surface area (Å²) < 4.78 is 0. The summed E-state index contributed by atoms with van der Waals surface area (Å²) in [6, 6.07) is 12.2. The van der Waals surface area contributed by atoms with E-state index in [1.54, 1.807) is 62.3 Å². The van der Waals surface area contributed by atoms with E-state index in [2.05, 4.69) is 20.6 Å². The third-order valence-electron chi connectivity index (χ3n) is 4.74. The standard InChI is InChI=1S/C22H26N8O4S2/c1-27(2)21(35)25-19(15-5-9-17(10-6-15)29(31)32)23-13-14-24-20(26-22(36)28(3)4)16-7-11-18(12-8-16)30(33)34/h5-12H,13-14H2,1-4H3,(H,23,25,35)(H,24,26,36)/p+2. The third-order valence-corrected chi connectivity index (χ3v) is 5.67. The van der Waals surface area contributed by atoms with Crippen molar-refractivity contribution in [1.82, 2.24) is 20.4 Å². The number of benzene rings is 2. The van der Waals surface area contributed by atoms with Crippen LogP contribution in [-0.4, -0.2) is 82.8 Å². The predicted octanol–water partition coefficient (Wildman–Crippen LogP) is -1.27. The molecule has 4 N–H and O–H groups in total. The van der Waals surface area contributed by atoms with Crippen molar-refractivity contribution in [1.29, 1.82) is 0 Å². The number of rotatable bonds is 7. The number of thiocarbonyl (C=S) groups is 2. The minimum absolute atomic E-state index is 0.0137. The van der Waals surface area contributed by atoms with Crippen LogP contribution in [0.1, 0.15) is 11.1 Å². The van der Waals surface area contributed by atoms with Crippen LogP contribution in [0.5, 0.6) is 0 Å². The van der Waals surface area contributed by atoms with Crippen molar-refractivity contribution in [2.24, 2.45) is 0 Å². The van der Waals surface area contributed by atoms with Crippen molar-refractivity contribution in [3.05, 3.63) is 79.9 Å². The molecule has 0 spiro atoms. The number of hydrogen-bond acceptors (Lipinski definition) is 6. The zero-order valence-corrected chi connectivity index (χ0v) is 21.9. The number of non-ortho nitro benzene ring substituents is 2. The summed E-state index contributed by atoms with van der Waals surface area (Å²) in [7, 11) is 7.20. The Labute approximate surface area is 219 Å². The highest BCUT2D eigenvalue weighted by atomic mass is 32.1. The predicted molar refractivity (Wildman–Crippen MR) is 145 cm³/mol. The first-order chi connectivity index (χ1) is 17.0. The normalized spacial score (nSPS) is 11.4. The van der Waals surface area contributed by atoms with Gasteiger partial charge in [-0.25, -0.2) is 10.6 Å². The van der Waals surface area contributed by atoms with E-state index in [-0.39, 0.29) is 11.4 Å². The third kappa shape index (κ3) is 8.32. The fourth-order valence-electron chi connectivity index (χ4n) is 2.75. The highest BCUT2D eigenvalue weighted by molar-refractivity contribution is 7.80. The molecule has 0 radical (unpaired) electrons. The van der Waals surface area contributed by atoms with Gasteiger partial charge >= 0.3 is 0 Å². The summed E-state index contributed by atoms with van der Waals surface area (Å²) in [5.41, 5.74) is 1.35. The molecule has 0 atom stereocenters. The SMILES string of the molecule is CN(C)C(=S)NC(=[NH+]CC[NH+]=C(NC(=S)N(C)C)c1ccc([N+](=O)[O-])cc1)c1ccc([N+](=O)[O-])cc1. The number of nitrogens with one attached hydrogen (secondary N) is 4. The summed E-state index contributed by atoms with van der Waals surface area (Å²) in [5, 5.41) is 29.1. The molecule has 0 unspecified atom stereocenters. The van der Waals surface area contributed by atoms with Gasteiger partial charge in [0.2, 0.25) is 0 Å². The maximum Gasteiger partial charge on any atom is 0.282 e. The lowest BCUT2D eigenvalue weighted by Gasteiger charge is -2.12. The van der Waals surface area contributed by atoms with Crippen molar-refractivity contribution in [3.63, 3.8) is 0 Å². The monoisotopic (exact) mass is 532 g/mol. The Balaban J connectivity index is 2.29. The Morgan fingerprint density at radius 2 is 1.03 bits per heavy atom. The van der Waals surface area contributed by atoms with E-state index in [0.29, 0.717) is 46.1 Å². The summed E-state index contributed by atoms with van der Waals surface area (Å²) in [6.45, 7) is 0.866. The van der Waals surface area contributed by atoms with Crippen LogP contribution in [0.25, 0.3) is 0 Å². The van der Waals surface area contributed by atoms with Crippen LogP contribution in [0.3, 0.4) is 0 Å². The molecule has 0 aliphatic carbocycles. The molecule has 0 amide bonds. The van der Waals surface area contributed by atoms with Crippen LogP contribution in [0.2, 0.25) is 0 Å². The number of nitrogens with zero attached hydrogens (tertiary/aromatic N) is 4. The molecule has 2 aromatic rings.